The molecular weight excluding hydrogens is 294 g/mol. The minimum absolute atomic E-state index is 0.208. The molecule has 102 valence electrons. The van der Waals surface area contributed by atoms with Crippen molar-refractivity contribution in [3.8, 4) is 11.6 Å². The summed E-state index contributed by atoms with van der Waals surface area (Å²) in [5, 5.41) is 3.53. The minimum Gasteiger partial charge on any atom is -0.438 e. The third-order valence-electron chi connectivity index (χ3n) is 2.92. The van der Waals surface area contributed by atoms with Crippen LogP contribution in [0.15, 0.2) is 29.6 Å². The Kier molecular flexibility index (Phi) is 3.46. The van der Waals surface area contributed by atoms with E-state index in [4.69, 9.17) is 22.1 Å². The summed E-state index contributed by atoms with van der Waals surface area (Å²) in [5.41, 5.74) is 6.74. The molecule has 0 aliphatic carbocycles. The third kappa shape index (κ3) is 2.42. The molecule has 1 aromatic carbocycles. The van der Waals surface area contributed by atoms with E-state index >= 15 is 0 Å². The molecule has 6 heteroatoms. The fraction of sp³-hybridized carbons (Fsp3) is 0.143. The van der Waals surface area contributed by atoms with Crippen LogP contribution < -0.4 is 10.5 Å². The van der Waals surface area contributed by atoms with E-state index in [1.54, 1.807) is 0 Å². The lowest BCUT2D eigenvalue weighted by Crippen LogP contribution is -1.97. The lowest BCUT2D eigenvalue weighted by molar-refractivity contribution is 0.469. The predicted octanol–water partition coefficient (Wildman–Crippen LogP) is 4.28. The maximum absolute atomic E-state index is 6.10. The van der Waals surface area contributed by atoms with Gasteiger partial charge in [-0.3, -0.25) is 0 Å². The number of nitrogens with two attached hydrogens (primary N) is 1. The van der Waals surface area contributed by atoms with Gasteiger partial charge in [-0.1, -0.05) is 18.5 Å². The highest BCUT2D eigenvalue weighted by molar-refractivity contribution is 7.16. The molecule has 0 saturated carbocycles. The quantitative estimate of drug-likeness (QED) is 0.784. The molecule has 2 N–H and O–H groups in total. The summed E-state index contributed by atoms with van der Waals surface area (Å²) in [4.78, 5) is 9.15. The van der Waals surface area contributed by atoms with Gasteiger partial charge in [-0.15, -0.1) is 11.3 Å². The van der Waals surface area contributed by atoms with E-state index in [0.717, 1.165) is 27.2 Å². The number of benzene rings is 1. The number of aromatic nitrogens is 2. The van der Waals surface area contributed by atoms with Crippen LogP contribution in [0.4, 0.5) is 5.95 Å². The fourth-order valence-corrected chi connectivity index (χ4v) is 2.93. The number of aryl methyl sites for hydroxylation is 1. The summed E-state index contributed by atoms with van der Waals surface area (Å²) < 4.78 is 5.85. The SMILES string of the molecule is CCc1cc(Oc2nc(N)nc3sccc23)ccc1Cl. The van der Waals surface area contributed by atoms with E-state index in [0.29, 0.717) is 11.6 Å². The van der Waals surface area contributed by atoms with Crippen molar-refractivity contribution in [3.05, 3.63) is 40.2 Å². The van der Waals surface area contributed by atoms with Crippen LogP contribution in [-0.2, 0) is 6.42 Å². The van der Waals surface area contributed by atoms with Gasteiger partial charge in [-0.2, -0.15) is 4.98 Å². The number of anilines is 1. The topological polar surface area (TPSA) is 61.0 Å². The Morgan fingerprint density at radius 1 is 1.30 bits per heavy atom. The van der Waals surface area contributed by atoms with Gasteiger partial charge in [0.15, 0.2) is 0 Å². The number of fused-ring (bicyclic) bond motifs is 1. The lowest BCUT2D eigenvalue weighted by Gasteiger charge is -2.08. The van der Waals surface area contributed by atoms with Crippen LogP contribution >= 0.6 is 22.9 Å². The van der Waals surface area contributed by atoms with Crippen molar-refractivity contribution >= 4 is 39.1 Å². The molecular formula is C14H12ClN3OS. The molecule has 0 bridgehead atoms. The molecule has 2 heterocycles. The number of nitrogens with zero attached hydrogens (tertiary/aromatic N) is 2. The number of nitrogen functional groups attached to an aromatic ring is 1. The summed E-state index contributed by atoms with van der Waals surface area (Å²) in [6, 6.07) is 7.48. The average Bonchev–Trinajstić information content (AvgIpc) is 2.89. The van der Waals surface area contributed by atoms with Gasteiger partial charge in [0.2, 0.25) is 11.8 Å². The lowest BCUT2D eigenvalue weighted by atomic mass is 10.1. The first-order valence-corrected chi connectivity index (χ1v) is 7.40. The second kappa shape index (κ2) is 5.26. The van der Waals surface area contributed by atoms with E-state index in [9.17, 15) is 0 Å². The van der Waals surface area contributed by atoms with E-state index in [2.05, 4.69) is 9.97 Å². The molecule has 4 nitrogen and oxygen atoms in total. The van der Waals surface area contributed by atoms with Crippen LogP contribution in [0.2, 0.25) is 5.02 Å². The number of halogens is 1. The Hall–Kier alpha value is -1.85. The van der Waals surface area contributed by atoms with Crippen LogP contribution in [-0.4, -0.2) is 9.97 Å². The molecule has 3 aromatic rings. The smallest absolute Gasteiger partial charge is 0.232 e. The zero-order chi connectivity index (χ0) is 14.1. The summed E-state index contributed by atoms with van der Waals surface area (Å²) in [5.74, 6) is 1.37. The van der Waals surface area contributed by atoms with E-state index in [-0.39, 0.29) is 5.95 Å². The van der Waals surface area contributed by atoms with Crippen LogP contribution in [0.25, 0.3) is 10.2 Å². The van der Waals surface area contributed by atoms with Gasteiger partial charge in [0, 0.05) is 5.02 Å². The second-order valence-corrected chi connectivity index (χ2v) is 5.54. The Labute approximate surface area is 125 Å². The number of hydrogen-bond acceptors (Lipinski definition) is 5. The average molecular weight is 306 g/mol. The van der Waals surface area contributed by atoms with Crippen molar-refractivity contribution < 1.29 is 4.74 Å². The third-order valence-corrected chi connectivity index (χ3v) is 4.10. The van der Waals surface area contributed by atoms with Gasteiger partial charge < -0.3 is 10.5 Å². The first-order valence-electron chi connectivity index (χ1n) is 6.14. The van der Waals surface area contributed by atoms with Gasteiger partial charge >= 0.3 is 0 Å². The Bertz CT molecular complexity index is 772. The first-order chi connectivity index (χ1) is 9.67. The molecule has 2 aromatic heterocycles. The van der Waals surface area contributed by atoms with Crippen molar-refractivity contribution in [2.24, 2.45) is 0 Å². The van der Waals surface area contributed by atoms with Crippen molar-refractivity contribution in [2.45, 2.75) is 13.3 Å². The van der Waals surface area contributed by atoms with E-state index < -0.39 is 0 Å². The minimum atomic E-state index is 0.208. The van der Waals surface area contributed by atoms with Crippen molar-refractivity contribution in [3.63, 3.8) is 0 Å². The monoisotopic (exact) mass is 305 g/mol. The van der Waals surface area contributed by atoms with Crippen molar-refractivity contribution in [1.82, 2.24) is 9.97 Å². The highest BCUT2D eigenvalue weighted by atomic mass is 35.5. The maximum atomic E-state index is 6.10. The molecule has 0 atom stereocenters. The zero-order valence-electron chi connectivity index (χ0n) is 10.8. The van der Waals surface area contributed by atoms with Crippen LogP contribution in [0.1, 0.15) is 12.5 Å². The largest absolute Gasteiger partial charge is 0.438 e. The normalized spacial score (nSPS) is 10.9. The zero-order valence-corrected chi connectivity index (χ0v) is 12.3. The fourth-order valence-electron chi connectivity index (χ4n) is 1.92. The van der Waals surface area contributed by atoms with E-state index in [1.807, 2.05) is 36.6 Å². The van der Waals surface area contributed by atoms with Gasteiger partial charge in [0.05, 0.1) is 5.39 Å². The van der Waals surface area contributed by atoms with Crippen LogP contribution in [0, 0.1) is 0 Å². The summed E-state index contributed by atoms with van der Waals surface area (Å²) in [6.07, 6.45) is 0.843. The highest BCUT2D eigenvalue weighted by Gasteiger charge is 2.10. The summed E-state index contributed by atoms with van der Waals surface area (Å²) in [6.45, 7) is 2.05. The Balaban J connectivity index is 2.02. The number of thiophene rings is 1. The molecule has 0 aliphatic heterocycles. The molecule has 0 saturated heterocycles. The van der Waals surface area contributed by atoms with Crippen molar-refractivity contribution in [1.29, 1.82) is 0 Å². The highest BCUT2D eigenvalue weighted by Crippen LogP contribution is 2.32. The standard InChI is InChI=1S/C14H12ClN3OS/c1-2-8-7-9(3-4-11(8)15)19-12-10-5-6-20-13(10)18-14(16)17-12/h3-7H,2H2,1H3,(H2,16,17,18). The molecule has 0 amide bonds. The first kappa shape index (κ1) is 13.1. The number of hydrogen-bond donors (Lipinski definition) is 1. The van der Waals surface area contributed by atoms with Gasteiger partial charge in [-0.05, 0) is 41.6 Å². The van der Waals surface area contributed by atoms with Gasteiger partial charge in [-0.25, -0.2) is 4.98 Å². The van der Waals surface area contributed by atoms with E-state index in [1.165, 1.54) is 11.3 Å². The molecule has 0 fully saturated rings. The molecule has 20 heavy (non-hydrogen) atoms. The molecule has 3 rings (SSSR count). The molecule has 0 spiro atoms. The second-order valence-electron chi connectivity index (χ2n) is 4.24. The predicted molar refractivity (Wildman–Crippen MR) is 82.7 cm³/mol. The van der Waals surface area contributed by atoms with Gasteiger partial charge in [0.1, 0.15) is 10.6 Å². The summed E-state index contributed by atoms with van der Waals surface area (Å²) in [7, 11) is 0. The van der Waals surface area contributed by atoms with Crippen LogP contribution in [0.5, 0.6) is 11.6 Å². The Morgan fingerprint density at radius 3 is 2.95 bits per heavy atom. The summed E-state index contributed by atoms with van der Waals surface area (Å²) >= 11 is 7.61. The number of rotatable bonds is 3. The maximum Gasteiger partial charge on any atom is 0.232 e. The van der Waals surface area contributed by atoms with Gasteiger partial charge in [0.25, 0.3) is 0 Å². The molecule has 0 radical (unpaired) electrons. The molecule has 0 aliphatic rings. The van der Waals surface area contributed by atoms with Crippen LogP contribution in [0.3, 0.4) is 0 Å². The Morgan fingerprint density at radius 2 is 2.15 bits per heavy atom. The van der Waals surface area contributed by atoms with Crippen molar-refractivity contribution in [2.75, 3.05) is 5.73 Å². The molecule has 0 unspecified atom stereocenters. The number of ether oxygens (including phenoxy) is 1.